The molecule has 0 radical (unpaired) electrons. The van der Waals surface area contributed by atoms with E-state index in [-0.39, 0.29) is 75.0 Å². The predicted molar refractivity (Wildman–Crippen MR) is 133 cm³/mol. The summed E-state index contributed by atoms with van der Waals surface area (Å²) in [6, 6.07) is 4.44. The largest absolute Gasteiger partial charge is 1.00 e. The summed E-state index contributed by atoms with van der Waals surface area (Å²) in [6.45, 7) is 2.80. The molecule has 1 saturated heterocycles. The van der Waals surface area contributed by atoms with E-state index in [1.807, 2.05) is 22.8 Å². The van der Waals surface area contributed by atoms with Crippen LogP contribution in [0.2, 0.25) is 0 Å². The Morgan fingerprint density at radius 1 is 1.32 bits per heavy atom. The van der Waals surface area contributed by atoms with Gasteiger partial charge in [-0.2, -0.15) is 0 Å². The normalized spacial score (nSPS) is 19.2. The number of nitrogen functional groups attached to an aromatic ring is 1. The van der Waals surface area contributed by atoms with Crippen molar-refractivity contribution in [3.8, 4) is 0 Å². The molecule has 0 spiro atoms. The monoisotopic (exact) mass is 587 g/mol. The number of nitrogens with zero attached hydrogens (tertiary/aromatic N) is 4. The van der Waals surface area contributed by atoms with Gasteiger partial charge in [0.2, 0.25) is 5.60 Å². The number of thioether (sulfide) groups is 1. The van der Waals surface area contributed by atoms with Gasteiger partial charge >= 0.3 is 63.3 Å². The van der Waals surface area contributed by atoms with E-state index < -0.39 is 40.8 Å². The van der Waals surface area contributed by atoms with E-state index in [1.165, 1.54) is 35.9 Å². The van der Waals surface area contributed by atoms with Crippen LogP contribution in [-0.4, -0.2) is 72.3 Å². The number of aliphatic carboxylic acids is 2. The summed E-state index contributed by atoms with van der Waals surface area (Å²) in [4.78, 5) is 59.9. The Morgan fingerprint density at radius 2 is 2.00 bits per heavy atom. The number of carboxylic acids is 2. The Morgan fingerprint density at radius 3 is 2.58 bits per heavy atom. The van der Waals surface area contributed by atoms with Crippen LogP contribution in [0.25, 0.3) is 0 Å². The molecule has 16 heteroatoms. The minimum atomic E-state index is -1.75. The van der Waals surface area contributed by atoms with Crippen LogP contribution in [0.4, 0.5) is 5.13 Å². The molecule has 2 aromatic rings. The van der Waals surface area contributed by atoms with E-state index in [2.05, 4.69) is 15.5 Å². The van der Waals surface area contributed by atoms with Gasteiger partial charge in [0, 0.05) is 28.8 Å². The first-order valence-corrected chi connectivity index (χ1v) is 12.8. The standard InChI is InChI=1S/C22H22N6O7S2.K.H/c1-22(2,20(33)34)35-26-13(12-10-37-21(23)24-12)16(29)25-14-17(30)28-15(19(31)32)11(9-36-18(14)28)8-27-6-4-3-5-7-27;;/h3-7,10,14,18H,8-9H2,1-2H3,(H4-,23,24,25,29,31,32,33,34);;/q;+1;-1/p+1/b26-13+;;/t14-,18-;;/m1../s1. The summed E-state index contributed by atoms with van der Waals surface area (Å²) in [6.07, 6.45) is 3.59. The van der Waals surface area contributed by atoms with Crippen molar-refractivity contribution in [2.75, 3.05) is 11.5 Å². The maximum Gasteiger partial charge on any atom is 1.00 e. The van der Waals surface area contributed by atoms with Gasteiger partial charge in [-0.25, -0.2) is 19.1 Å². The Labute approximate surface area is 269 Å². The molecule has 4 heterocycles. The fourth-order valence-corrected chi connectivity index (χ4v) is 5.46. The van der Waals surface area contributed by atoms with Crippen LogP contribution in [0.1, 0.15) is 21.0 Å². The van der Waals surface area contributed by atoms with Gasteiger partial charge in [0.15, 0.2) is 29.8 Å². The molecule has 0 saturated carbocycles. The van der Waals surface area contributed by atoms with Gasteiger partial charge in [0.25, 0.3) is 11.8 Å². The second-order valence-corrected chi connectivity index (χ2v) is 10.6. The maximum atomic E-state index is 13.1. The first-order chi connectivity index (χ1) is 17.5. The number of hydrogen-bond donors (Lipinski definition) is 4. The van der Waals surface area contributed by atoms with E-state index in [1.54, 1.807) is 12.4 Å². The summed E-state index contributed by atoms with van der Waals surface area (Å²) in [5.74, 6) is -3.66. The van der Waals surface area contributed by atoms with Crippen LogP contribution in [0.15, 0.2) is 52.4 Å². The van der Waals surface area contributed by atoms with E-state index in [0.717, 1.165) is 11.3 Å². The van der Waals surface area contributed by atoms with Crippen LogP contribution >= 0.6 is 23.1 Å². The first-order valence-electron chi connectivity index (χ1n) is 10.9. The SMILES string of the molecule is CC(C)(O/N=C(/C(=O)N[C@@H]1C(=O)N2C(C(=O)O)=C(C[n+]3ccccc3)CS[C@H]12)c1csc(N)n1)C(=O)O.[H-].[K+]. The molecule has 2 amide bonds. The molecule has 0 bridgehead atoms. The summed E-state index contributed by atoms with van der Waals surface area (Å²) in [7, 11) is 0. The quantitative estimate of drug-likeness (QED) is 0.0782. The van der Waals surface area contributed by atoms with Crippen molar-refractivity contribution in [1.29, 1.82) is 0 Å². The van der Waals surface area contributed by atoms with Crippen molar-refractivity contribution in [3.05, 3.63) is 52.9 Å². The number of carbonyl (C=O) groups is 4. The van der Waals surface area contributed by atoms with Gasteiger partial charge in [-0.05, 0) is 13.8 Å². The number of fused-ring (bicyclic) bond motifs is 1. The third-order valence-electron chi connectivity index (χ3n) is 5.55. The summed E-state index contributed by atoms with van der Waals surface area (Å²) in [5.41, 5.74) is 4.04. The number of oxime groups is 1. The molecule has 196 valence electrons. The molecule has 2 atom stereocenters. The third kappa shape index (κ3) is 6.27. The zero-order chi connectivity index (χ0) is 26.9. The van der Waals surface area contributed by atoms with Gasteiger partial charge in [-0.15, -0.1) is 23.1 Å². The van der Waals surface area contributed by atoms with Crippen LogP contribution in [0.5, 0.6) is 0 Å². The van der Waals surface area contributed by atoms with Crippen LogP contribution < -0.4 is 67.0 Å². The van der Waals surface area contributed by atoms with Crippen molar-refractivity contribution in [2.45, 2.75) is 37.4 Å². The third-order valence-corrected chi connectivity index (χ3v) is 7.56. The molecule has 2 aliphatic heterocycles. The topological polar surface area (TPSA) is 188 Å². The van der Waals surface area contributed by atoms with Crippen LogP contribution in [-0.2, 0) is 30.6 Å². The maximum absolute atomic E-state index is 13.1. The van der Waals surface area contributed by atoms with Gasteiger partial charge in [0.05, 0.1) is 0 Å². The molecule has 0 aliphatic carbocycles. The van der Waals surface area contributed by atoms with Crippen molar-refractivity contribution < 1.29 is 91.6 Å². The number of thiazole rings is 1. The fourth-order valence-electron chi connectivity index (χ4n) is 3.57. The fraction of sp³-hybridized carbons (Fsp3) is 0.318. The number of rotatable bonds is 9. The summed E-state index contributed by atoms with van der Waals surface area (Å²) in [5, 5.41) is 26.3. The molecule has 5 N–H and O–H groups in total. The van der Waals surface area contributed by atoms with Gasteiger partial charge in [0.1, 0.15) is 22.8 Å². The molecule has 0 unspecified atom stereocenters. The van der Waals surface area contributed by atoms with Crippen LogP contribution in [0.3, 0.4) is 0 Å². The number of carbonyl (C=O) groups excluding carboxylic acids is 2. The van der Waals surface area contributed by atoms with Gasteiger partial charge in [-0.1, -0.05) is 11.2 Å². The van der Waals surface area contributed by atoms with Gasteiger partial charge in [-0.3, -0.25) is 14.5 Å². The molecule has 0 aromatic carbocycles. The number of nitrogens with two attached hydrogens (primary N) is 1. The zero-order valence-corrected chi connectivity index (χ0v) is 25.4. The summed E-state index contributed by atoms with van der Waals surface area (Å²) >= 11 is 2.35. The van der Waals surface area contributed by atoms with Crippen molar-refractivity contribution in [3.63, 3.8) is 0 Å². The van der Waals surface area contributed by atoms with Crippen molar-refractivity contribution >= 4 is 57.7 Å². The number of β-lactam (4-membered cyclic amide) rings is 1. The number of anilines is 1. The second-order valence-electron chi connectivity index (χ2n) is 8.58. The zero-order valence-electron chi connectivity index (χ0n) is 21.7. The molecule has 13 nitrogen and oxygen atoms in total. The minimum absolute atomic E-state index is 0. The Balaban J connectivity index is 0.00000267. The van der Waals surface area contributed by atoms with Crippen molar-refractivity contribution in [1.82, 2.24) is 15.2 Å². The second kappa shape index (κ2) is 12.2. The average molecular weight is 588 g/mol. The number of hydrogen-bond acceptors (Lipinski definition) is 10. The Bertz CT molecular complexity index is 1340. The Kier molecular flexibility index (Phi) is 9.72. The number of amides is 2. The number of aromatic nitrogens is 2. The van der Waals surface area contributed by atoms with E-state index >= 15 is 0 Å². The van der Waals surface area contributed by atoms with Crippen molar-refractivity contribution in [2.24, 2.45) is 5.16 Å². The predicted octanol–water partition coefficient (Wildman–Crippen LogP) is -2.85. The number of pyridine rings is 1. The van der Waals surface area contributed by atoms with Gasteiger partial charge < -0.3 is 27.5 Å². The molecule has 38 heavy (non-hydrogen) atoms. The number of carboxylic acid groups (broad SMARTS) is 2. The molecule has 2 aromatic heterocycles. The minimum Gasteiger partial charge on any atom is -1.00 e. The average Bonchev–Trinajstić information content (AvgIpc) is 3.28. The van der Waals surface area contributed by atoms with Crippen LogP contribution in [0, 0.1) is 0 Å². The van der Waals surface area contributed by atoms with E-state index in [9.17, 15) is 29.4 Å². The molecular weight excluding hydrogens is 564 g/mol. The Hall–Kier alpha value is -2.34. The molecule has 4 rings (SSSR count). The molecular formula is C22H24KN6O7S2+. The number of nitrogens with one attached hydrogen (secondary N) is 1. The van der Waals surface area contributed by atoms with E-state index in [0.29, 0.717) is 17.9 Å². The molecule has 1 fully saturated rings. The van der Waals surface area contributed by atoms with E-state index in [4.69, 9.17) is 10.6 Å². The molecule has 2 aliphatic rings. The first kappa shape index (κ1) is 30.2. The summed E-state index contributed by atoms with van der Waals surface area (Å²) < 4.78 is 1.81. The smallest absolute Gasteiger partial charge is 1.00 e.